The first-order valence-electron chi connectivity index (χ1n) is 10.2. The summed E-state index contributed by atoms with van der Waals surface area (Å²) in [4.78, 5) is 22.3. The Hall–Kier alpha value is -3.24. The van der Waals surface area contributed by atoms with Gasteiger partial charge in [-0.25, -0.2) is 0 Å². The summed E-state index contributed by atoms with van der Waals surface area (Å²) in [5.74, 6) is 1.43. The minimum atomic E-state index is -0.426. The average molecular weight is 456 g/mol. The smallest absolute Gasteiger partial charge is 0.269 e. The lowest BCUT2D eigenvalue weighted by Gasteiger charge is -2.10. The Labute approximate surface area is 190 Å². The molecule has 0 aliphatic rings. The molecule has 0 atom stereocenters. The van der Waals surface area contributed by atoms with E-state index in [1.54, 1.807) is 31.0 Å². The molecular weight excluding hydrogens is 430 g/mol. The minimum Gasteiger partial charge on any atom is -0.383 e. The highest BCUT2D eigenvalue weighted by Crippen LogP contribution is 2.29. The van der Waals surface area contributed by atoms with Gasteiger partial charge in [0.1, 0.15) is 0 Å². The highest BCUT2D eigenvalue weighted by Gasteiger charge is 2.17. The van der Waals surface area contributed by atoms with Crippen LogP contribution in [0.3, 0.4) is 0 Å². The fourth-order valence-corrected chi connectivity index (χ4v) is 3.97. The van der Waals surface area contributed by atoms with Gasteiger partial charge >= 0.3 is 0 Å². The molecule has 0 aliphatic heterocycles. The number of carbonyl (C=O) groups is 1. The van der Waals surface area contributed by atoms with Crippen molar-refractivity contribution in [3.8, 4) is 17.1 Å². The van der Waals surface area contributed by atoms with Gasteiger partial charge in [-0.3, -0.25) is 19.5 Å². The van der Waals surface area contributed by atoms with Gasteiger partial charge in [-0.2, -0.15) is 0 Å². The molecule has 168 valence electrons. The molecule has 3 rings (SSSR count). The van der Waals surface area contributed by atoms with Crippen molar-refractivity contribution in [1.82, 2.24) is 20.1 Å². The van der Waals surface area contributed by atoms with E-state index in [0.717, 1.165) is 35.0 Å². The lowest BCUT2D eigenvalue weighted by Crippen LogP contribution is -2.26. The molecular formula is C22H25N5O4S. The molecule has 0 aliphatic carbocycles. The molecule has 1 amide bonds. The van der Waals surface area contributed by atoms with E-state index in [1.807, 2.05) is 34.9 Å². The van der Waals surface area contributed by atoms with E-state index in [4.69, 9.17) is 4.74 Å². The number of nitrogens with one attached hydrogen (secondary N) is 1. The molecule has 32 heavy (non-hydrogen) atoms. The highest BCUT2D eigenvalue weighted by atomic mass is 32.2. The Kier molecular flexibility index (Phi) is 8.76. The molecule has 1 N–H and O–H groups in total. The number of ether oxygens (including phenoxy) is 1. The van der Waals surface area contributed by atoms with Crippen molar-refractivity contribution in [2.75, 3.05) is 26.0 Å². The summed E-state index contributed by atoms with van der Waals surface area (Å²) in [6.07, 6.45) is 2.11. The maximum atomic E-state index is 11.8. The number of aromatic nitrogens is 3. The van der Waals surface area contributed by atoms with E-state index in [-0.39, 0.29) is 11.6 Å². The minimum absolute atomic E-state index is 0.0277. The maximum absolute atomic E-state index is 11.8. The normalized spacial score (nSPS) is 10.8. The molecule has 0 saturated heterocycles. The number of nitro benzene ring substituents is 1. The summed E-state index contributed by atoms with van der Waals surface area (Å²) >= 11 is 1.57. The van der Waals surface area contributed by atoms with E-state index in [0.29, 0.717) is 25.4 Å². The zero-order chi connectivity index (χ0) is 22.8. The number of benzene rings is 2. The van der Waals surface area contributed by atoms with E-state index in [9.17, 15) is 14.9 Å². The molecule has 9 nitrogen and oxygen atoms in total. The van der Waals surface area contributed by atoms with Gasteiger partial charge in [0.2, 0.25) is 5.91 Å². The number of nitro groups is 1. The van der Waals surface area contributed by atoms with Crippen molar-refractivity contribution < 1.29 is 14.5 Å². The Morgan fingerprint density at radius 3 is 2.56 bits per heavy atom. The number of non-ortho nitro benzene ring substituents is 1. The number of thioether (sulfide) groups is 1. The Morgan fingerprint density at radius 1 is 1.12 bits per heavy atom. The van der Waals surface area contributed by atoms with Crippen molar-refractivity contribution in [3.63, 3.8) is 0 Å². The van der Waals surface area contributed by atoms with Crippen molar-refractivity contribution >= 4 is 23.4 Å². The number of para-hydroxylation sites is 1. The van der Waals surface area contributed by atoms with Crippen molar-refractivity contribution in [2.24, 2.45) is 0 Å². The number of nitrogens with zero attached hydrogens (tertiary/aromatic N) is 4. The second-order valence-corrected chi connectivity index (χ2v) is 7.99. The molecule has 0 unspecified atom stereocenters. The predicted molar refractivity (Wildman–Crippen MR) is 123 cm³/mol. The number of hydrogen-bond acceptors (Lipinski definition) is 7. The van der Waals surface area contributed by atoms with Gasteiger partial charge in [0.15, 0.2) is 11.0 Å². The third kappa shape index (κ3) is 6.38. The van der Waals surface area contributed by atoms with Crippen LogP contribution in [0, 0.1) is 10.1 Å². The Morgan fingerprint density at radius 2 is 1.88 bits per heavy atom. The van der Waals surface area contributed by atoms with Crippen LogP contribution >= 0.6 is 11.8 Å². The zero-order valence-electron chi connectivity index (χ0n) is 17.8. The van der Waals surface area contributed by atoms with Crippen LogP contribution in [0.5, 0.6) is 0 Å². The topological polar surface area (TPSA) is 112 Å². The fourth-order valence-electron chi connectivity index (χ4n) is 3.02. The quantitative estimate of drug-likeness (QED) is 0.191. The van der Waals surface area contributed by atoms with Gasteiger partial charge in [-0.1, -0.05) is 30.0 Å². The molecule has 0 bridgehead atoms. The summed E-state index contributed by atoms with van der Waals surface area (Å²) in [5, 5.41) is 23.2. The van der Waals surface area contributed by atoms with Crippen LogP contribution in [0.4, 0.5) is 5.69 Å². The second-order valence-electron chi connectivity index (χ2n) is 6.93. The van der Waals surface area contributed by atoms with Gasteiger partial charge in [-0.05, 0) is 37.1 Å². The Bertz CT molecular complexity index is 1020. The van der Waals surface area contributed by atoms with Crippen LogP contribution in [0.15, 0.2) is 59.8 Å². The third-order valence-corrected chi connectivity index (χ3v) is 5.66. The molecule has 0 spiro atoms. The number of amides is 1. The van der Waals surface area contributed by atoms with Crippen LogP contribution < -0.4 is 5.32 Å². The third-order valence-electron chi connectivity index (χ3n) is 4.64. The summed E-state index contributed by atoms with van der Waals surface area (Å²) in [6.45, 7) is 1.03. The molecule has 0 saturated carbocycles. The number of methoxy groups -OCH3 is 1. The standard InChI is InChI=1S/C22H25N5O4S/c1-31-15-14-23-20(28)9-5-6-16-32-22-25-24-21(26(22)18-7-3-2-4-8-18)17-10-12-19(13-11-17)27(29)30/h2-4,7-8,10-13H,5-6,9,14-16H2,1H3,(H,23,28). The number of carbonyl (C=O) groups excluding carboxylic acids is 1. The van der Waals surface area contributed by atoms with E-state index in [2.05, 4.69) is 15.5 Å². The molecule has 0 fully saturated rings. The molecule has 2 aromatic carbocycles. The molecule has 3 aromatic rings. The molecule has 10 heteroatoms. The largest absolute Gasteiger partial charge is 0.383 e. The Balaban J connectivity index is 1.67. The van der Waals surface area contributed by atoms with Crippen LogP contribution in [-0.2, 0) is 9.53 Å². The first-order chi connectivity index (χ1) is 15.6. The van der Waals surface area contributed by atoms with Crippen LogP contribution in [0.2, 0.25) is 0 Å². The van der Waals surface area contributed by atoms with Crippen molar-refractivity contribution in [2.45, 2.75) is 24.4 Å². The van der Waals surface area contributed by atoms with Gasteiger partial charge < -0.3 is 10.1 Å². The summed E-state index contributed by atoms with van der Waals surface area (Å²) < 4.78 is 6.87. The monoisotopic (exact) mass is 455 g/mol. The van der Waals surface area contributed by atoms with E-state index < -0.39 is 4.92 Å². The fraction of sp³-hybridized carbons (Fsp3) is 0.318. The van der Waals surface area contributed by atoms with E-state index >= 15 is 0 Å². The van der Waals surface area contributed by atoms with Crippen LogP contribution in [0.25, 0.3) is 17.1 Å². The lowest BCUT2D eigenvalue weighted by atomic mass is 10.2. The number of rotatable bonds is 12. The zero-order valence-corrected chi connectivity index (χ0v) is 18.6. The highest BCUT2D eigenvalue weighted by molar-refractivity contribution is 7.99. The second kappa shape index (κ2) is 12.0. The first-order valence-corrected chi connectivity index (χ1v) is 11.2. The predicted octanol–water partition coefficient (Wildman–Crippen LogP) is 3.87. The molecule has 0 radical (unpaired) electrons. The van der Waals surface area contributed by atoms with Gasteiger partial charge in [-0.15, -0.1) is 10.2 Å². The summed E-state index contributed by atoms with van der Waals surface area (Å²) in [6, 6.07) is 16.0. The van der Waals surface area contributed by atoms with Gasteiger partial charge in [0.25, 0.3) is 5.69 Å². The molecule has 1 aromatic heterocycles. The maximum Gasteiger partial charge on any atom is 0.269 e. The summed E-state index contributed by atoms with van der Waals surface area (Å²) in [7, 11) is 1.60. The number of hydrogen-bond donors (Lipinski definition) is 1. The van der Waals surface area contributed by atoms with Crippen molar-refractivity contribution in [3.05, 3.63) is 64.7 Å². The van der Waals surface area contributed by atoms with Gasteiger partial charge in [0, 0.05) is 49.2 Å². The average Bonchev–Trinajstić information content (AvgIpc) is 3.23. The van der Waals surface area contributed by atoms with E-state index in [1.165, 1.54) is 12.1 Å². The van der Waals surface area contributed by atoms with Gasteiger partial charge in [0.05, 0.1) is 11.5 Å². The van der Waals surface area contributed by atoms with Crippen LogP contribution in [-0.4, -0.2) is 51.6 Å². The lowest BCUT2D eigenvalue weighted by molar-refractivity contribution is -0.384. The first kappa shape index (κ1) is 23.4. The number of unbranched alkanes of at least 4 members (excludes halogenated alkanes) is 1. The SMILES string of the molecule is COCCNC(=O)CCCCSc1nnc(-c2ccc([N+](=O)[O-])cc2)n1-c1ccccc1. The van der Waals surface area contributed by atoms with Crippen LogP contribution in [0.1, 0.15) is 19.3 Å². The van der Waals surface area contributed by atoms with Crippen molar-refractivity contribution in [1.29, 1.82) is 0 Å². The summed E-state index contributed by atoms with van der Waals surface area (Å²) in [5.41, 5.74) is 1.68. The molecule has 1 heterocycles.